The van der Waals surface area contributed by atoms with Crippen molar-refractivity contribution in [3.05, 3.63) is 35.9 Å². The molecule has 1 aromatic carbocycles. The van der Waals surface area contributed by atoms with Crippen molar-refractivity contribution in [1.29, 1.82) is 0 Å². The highest BCUT2D eigenvalue weighted by Crippen LogP contribution is 2.46. The molecule has 1 aliphatic carbocycles. The quantitative estimate of drug-likeness (QED) is 0.431. The monoisotopic (exact) mass is 384 g/mol. The smallest absolute Gasteiger partial charge is 0.302 e. The first-order chi connectivity index (χ1) is 12.2. The molecule has 0 N–H and O–H groups in total. The van der Waals surface area contributed by atoms with E-state index in [0.29, 0.717) is 26.1 Å². The Morgan fingerprint density at radius 3 is 2.42 bits per heavy atom. The summed E-state index contributed by atoms with van der Waals surface area (Å²) in [4.78, 5) is 11.4. The van der Waals surface area contributed by atoms with Gasteiger partial charge >= 0.3 is 5.97 Å². The number of ether oxygens (including phenoxy) is 2. The van der Waals surface area contributed by atoms with Gasteiger partial charge in [0.1, 0.15) is 6.10 Å². The van der Waals surface area contributed by atoms with Crippen molar-refractivity contribution in [2.75, 3.05) is 12.9 Å². The van der Waals surface area contributed by atoms with Crippen LogP contribution in [-0.2, 0) is 35.2 Å². The van der Waals surface area contributed by atoms with Crippen LogP contribution >= 0.6 is 0 Å². The lowest BCUT2D eigenvalue weighted by molar-refractivity contribution is -0.150. The number of benzene rings is 1. The molecule has 6 nitrogen and oxygen atoms in total. The van der Waals surface area contributed by atoms with Crippen LogP contribution < -0.4 is 0 Å². The zero-order valence-electron chi connectivity index (χ0n) is 15.6. The molecule has 0 aromatic heterocycles. The van der Waals surface area contributed by atoms with Crippen LogP contribution in [0.3, 0.4) is 0 Å². The molecule has 0 radical (unpaired) electrons. The predicted octanol–water partition coefficient (Wildman–Crippen LogP) is 3.06. The lowest BCUT2D eigenvalue weighted by Gasteiger charge is -2.24. The van der Waals surface area contributed by atoms with Crippen LogP contribution in [-0.4, -0.2) is 39.0 Å². The third kappa shape index (κ3) is 7.85. The average molecular weight is 384 g/mol. The Hall–Kier alpha value is -1.44. The molecule has 146 valence electrons. The van der Waals surface area contributed by atoms with Gasteiger partial charge in [0.25, 0.3) is 10.1 Å². The van der Waals surface area contributed by atoms with E-state index in [2.05, 4.69) is 0 Å². The van der Waals surface area contributed by atoms with Gasteiger partial charge in [-0.05, 0) is 37.2 Å². The summed E-state index contributed by atoms with van der Waals surface area (Å²) in [5, 5.41) is 0. The Labute approximate surface area is 156 Å². The van der Waals surface area contributed by atoms with E-state index in [9.17, 15) is 13.2 Å². The second-order valence-electron chi connectivity index (χ2n) is 7.25. The maximum atomic E-state index is 11.4. The summed E-state index contributed by atoms with van der Waals surface area (Å²) in [6.45, 7) is 4.15. The van der Waals surface area contributed by atoms with Gasteiger partial charge in [0, 0.05) is 6.92 Å². The van der Waals surface area contributed by atoms with Crippen LogP contribution in [0.15, 0.2) is 30.3 Å². The van der Waals surface area contributed by atoms with Crippen LogP contribution in [0.25, 0.3) is 0 Å². The second-order valence-corrected chi connectivity index (χ2v) is 8.82. The first kappa shape index (κ1) is 20.9. The molecule has 26 heavy (non-hydrogen) atoms. The molecular formula is C19H28O6S. The third-order valence-electron chi connectivity index (χ3n) is 4.27. The average Bonchev–Trinajstić information content (AvgIpc) is 3.24. The Bertz CT molecular complexity index is 681. The molecule has 1 saturated carbocycles. The maximum absolute atomic E-state index is 11.4. The first-order valence-electron chi connectivity index (χ1n) is 8.87. The summed E-state index contributed by atoms with van der Waals surface area (Å²) in [6.07, 6.45) is 3.43. The van der Waals surface area contributed by atoms with Crippen molar-refractivity contribution in [2.24, 2.45) is 5.92 Å². The fraction of sp³-hybridized carbons (Fsp3) is 0.632. The number of rotatable bonds is 11. The molecule has 0 spiro atoms. The van der Waals surface area contributed by atoms with E-state index < -0.39 is 15.7 Å². The molecule has 0 unspecified atom stereocenters. The van der Waals surface area contributed by atoms with Gasteiger partial charge in [0.15, 0.2) is 0 Å². The van der Waals surface area contributed by atoms with Gasteiger partial charge in [-0.3, -0.25) is 8.98 Å². The Morgan fingerprint density at radius 1 is 1.23 bits per heavy atom. The Balaban J connectivity index is 1.83. The van der Waals surface area contributed by atoms with Crippen molar-refractivity contribution in [3.8, 4) is 0 Å². The Morgan fingerprint density at radius 2 is 1.88 bits per heavy atom. The summed E-state index contributed by atoms with van der Waals surface area (Å²) >= 11 is 0. The van der Waals surface area contributed by atoms with Crippen molar-refractivity contribution < 1.29 is 26.9 Å². The number of esters is 1. The molecule has 0 heterocycles. The number of carbonyl (C=O) groups is 1. The Kier molecular flexibility index (Phi) is 7.20. The van der Waals surface area contributed by atoms with Gasteiger partial charge < -0.3 is 9.47 Å². The normalized spacial score (nSPS) is 18.1. The van der Waals surface area contributed by atoms with E-state index >= 15 is 0 Å². The predicted molar refractivity (Wildman–Crippen MR) is 97.9 cm³/mol. The van der Waals surface area contributed by atoms with Gasteiger partial charge in [-0.1, -0.05) is 37.3 Å². The molecule has 1 fully saturated rings. The van der Waals surface area contributed by atoms with E-state index in [1.54, 1.807) is 0 Å². The summed E-state index contributed by atoms with van der Waals surface area (Å²) in [7, 11) is -3.47. The van der Waals surface area contributed by atoms with E-state index in [1.165, 1.54) is 6.92 Å². The fourth-order valence-corrected chi connectivity index (χ4v) is 4.09. The van der Waals surface area contributed by atoms with Gasteiger partial charge in [0.2, 0.25) is 0 Å². The topological polar surface area (TPSA) is 78.9 Å². The number of hydrogen-bond acceptors (Lipinski definition) is 6. The molecule has 2 atom stereocenters. The van der Waals surface area contributed by atoms with Gasteiger partial charge in [-0.2, -0.15) is 8.42 Å². The summed E-state index contributed by atoms with van der Waals surface area (Å²) in [6, 6.07) is 9.78. The molecule has 0 bridgehead atoms. The molecule has 2 rings (SSSR count). The van der Waals surface area contributed by atoms with E-state index in [-0.39, 0.29) is 18.0 Å². The van der Waals surface area contributed by atoms with Crippen LogP contribution in [0.1, 0.15) is 45.1 Å². The van der Waals surface area contributed by atoms with Gasteiger partial charge in [-0.25, -0.2) is 0 Å². The highest BCUT2D eigenvalue weighted by atomic mass is 32.2. The van der Waals surface area contributed by atoms with E-state index in [1.807, 2.05) is 37.3 Å². The first-order valence-corrected chi connectivity index (χ1v) is 10.7. The highest BCUT2D eigenvalue weighted by molar-refractivity contribution is 7.86. The molecule has 0 aliphatic heterocycles. The van der Waals surface area contributed by atoms with Gasteiger partial charge in [0.05, 0.1) is 25.1 Å². The van der Waals surface area contributed by atoms with Crippen molar-refractivity contribution in [2.45, 2.75) is 57.8 Å². The zero-order valence-corrected chi connectivity index (χ0v) is 16.5. The molecule has 7 heteroatoms. The number of hydrogen-bond donors (Lipinski definition) is 0. The third-order valence-corrected chi connectivity index (χ3v) is 4.93. The minimum Gasteiger partial charge on any atom is -0.460 e. The summed E-state index contributed by atoms with van der Waals surface area (Å²) in [5.74, 6) is -0.206. The van der Waals surface area contributed by atoms with Crippen molar-refractivity contribution in [3.63, 3.8) is 0 Å². The van der Waals surface area contributed by atoms with Crippen LogP contribution in [0, 0.1) is 5.92 Å². The minimum absolute atomic E-state index is 0.143. The van der Waals surface area contributed by atoms with Gasteiger partial charge in [-0.15, -0.1) is 0 Å². The largest absolute Gasteiger partial charge is 0.460 e. The number of carbonyl (C=O) groups excluding carboxylic acids is 1. The van der Waals surface area contributed by atoms with Crippen molar-refractivity contribution in [1.82, 2.24) is 0 Å². The highest BCUT2D eigenvalue weighted by Gasteiger charge is 2.48. The lowest BCUT2D eigenvalue weighted by Crippen LogP contribution is -2.28. The summed E-state index contributed by atoms with van der Waals surface area (Å²) in [5.41, 5.74) is 0.485. The van der Waals surface area contributed by atoms with Crippen LogP contribution in [0.2, 0.25) is 0 Å². The standard InChI is InChI=1S/C19H28O6S/c1-15(12-19(9-10-19)25-26(3,21)22)11-18(24-16(2)20)14-23-13-17-7-5-4-6-8-17/h4-8,15,18H,9-14H2,1-3H3/t15-,18-/m0/s1. The van der Waals surface area contributed by atoms with Crippen LogP contribution in [0.4, 0.5) is 0 Å². The molecule has 1 aromatic rings. The maximum Gasteiger partial charge on any atom is 0.302 e. The lowest BCUT2D eigenvalue weighted by atomic mass is 9.96. The second kappa shape index (κ2) is 8.97. The minimum atomic E-state index is -3.47. The molecular weight excluding hydrogens is 356 g/mol. The SMILES string of the molecule is CC(=O)O[C@H](COCc1ccccc1)C[C@H](C)CC1(OS(C)(=O)=O)CC1. The van der Waals surface area contributed by atoms with Crippen molar-refractivity contribution >= 4 is 16.1 Å². The van der Waals surface area contributed by atoms with E-state index in [4.69, 9.17) is 13.7 Å². The summed E-state index contributed by atoms with van der Waals surface area (Å²) < 4.78 is 39.1. The fourth-order valence-electron chi connectivity index (χ4n) is 3.22. The molecule has 0 saturated heterocycles. The molecule has 1 aliphatic rings. The zero-order chi connectivity index (χ0) is 19.2. The van der Waals surface area contributed by atoms with E-state index in [0.717, 1.165) is 24.7 Å². The molecule has 0 amide bonds. The van der Waals surface area contributed by atoms with Crippen LogP contribution in [0.5, 0.6) is 0 Å².